The quantitative estimate of drug-likeness (QED) is 0.209. The van der Waals surface area contributed by atoms with Gasteiger partial charge in [0.15, 0.2) is 5.65 Å². The number of imide groups is 2. The number of likely N-dealkylation sites (N-methyl/N-ethyl adjacent to an activating group) is 1. The highest BCUT2D eigenvalue weighted by Gasteiger charge is 2.45. The molecule has 288 valence electrons. The zero-order chi connectivity index (χ0) is 38.8. The number of nitrogens with one attached hydrogen (secondary N) is 2. The van der Waals surface area contributed by atoms with E-state index in [2.05, 4.69) is 48.4 Å². The maximum Gasteiger partial charge on any atom is 0.262 e. The van der Waals surface area contributed by atoms with Gasteiger partial charge < -0.3 is 15.0 Å². The second kappa shape index (κ2) is 13.8. The number of nitrogens with zero attached hydrogens (tertiary/aromatic N) is 8. The average molecular weight is 759 g/mol. The lowest BCUT2D eigenvalue weighted by atomic mass is 9.89. The third-order valence-electron chi connectivity index (χ3n) is 11.6. The molecule has 0 spiro atoms. The van der Waals surface area contributed by atoms with E-state index in [1.54, 1.807) is 35.1 Å². The number of anilines is 2. The van der Waals surface area contributed by atoms with Gasteiger partial charge in [0.1, 0.15) is 17.4 Å². The molecule has 56 heavy (non-hydrogen) atoms. The smallest absolute Gasteiger partial charge is 0.262 e. The molecular formula is C40H42N10O6. The van der Waals surface area contributed by atoms with Gasteiger partial charge in [0.05, 0.1) is 40.7 Å². The molecule has 16 nitrogen and oxygen atoms in total. The fourth-order valence-electron chi connectivity index (χ4n) is 8.49. The van der Waals surface area contributed by atoms with Crippen molar-refractivity contribution in [1.82, 2.24) is 39.5 Å². The van der Waals surface area contributed by atoms with Crippen LogP contribution in [0.4, 0.5) is 11.4 Å². The van der Waals surface area contributed by atoms with Crippen LogP contribution in [0.5, 0.6) is 5.75 Å². The minimum Gasteiger partial charge on any atom is -0.489 e. The van der Waals surface area contributed by atoms with Gasteiger partial charge in [-0.1, -0.05) is 0 Å². The van der Waals surface area contributed by atoms with Gasteiger partial charge >= 0.3 is 0 Å². The standard InChI is InChI=1S/C40H42N10O6/c1-22(2)56-34-17-31-23(15-32(34)43-37(52)30-18-42-48-14-4-13-41-36(30)48)19-49(45-31)25-7-5-24(6-8-25)46(3)27-20-47(21-27)26-9-10-28-29(16-26)40(55)50(39(28)54)33-11-12-35(51)44-38(33)53/h4,9-10,13-19,22,24-25,27,33H,5-8,11-12,20-21H2,1-3H3,(H,43,52)(H,44,51,53). The lowest BCUT2D eigenvalue weighted by Crippen LogP contribution is -2.61. The Balaban J connectivity index is 0.823. The molecule has 5 amide bonds. The molecule has 1 aliphatic carbocycles. The summed E-state index contributed by atoms with van der Waals surface area (Å²) in [5, 5.41) is 15.4. The topological polar surface area (TPSA) is 176 Å². The third kappa shape index (κ3) is 6.23. The molecule has 3 aliphatic heterocycles. The van der Waals surface area contributed by atoms with E-state index in [0.717, 1.165) is 60.3 Å². The number of aromatic nitrogens is 5. The van der Waals surface area contributed by atoms with E-state index in [1.807, 2.05) is 32.0 Å². The third-order valence-corrected chi connectivity index (χ3v) is 11.6. The Kier molecular flexibility index (Phi) is 8.79. The van der Waals surface area contributed by atoms with Crippen molar-refractivity contribution in [2.24, 2.45) is 0 Å². The van der Waals surface area contributed by atoms with Crippen LogP contribution in [0, 0.1) is 0 Å². The number of hydrogen-bond acceptors (Lipinski definition) is 11. The Morgan fingerprint density at radius 1 is 0.982 bits per heavy atom. The Bertz CT molecular complexity index is 2420. The summed E-state index contributed by atoms with van der Waals surface area (Å²) in [4.78, 5) is 73.9. The van der Waals surface area contributed by atoms with Crippen molar-refractivity contribution in [3.05, 3.63) is 77.9 Å². The molecule has 16 heteroatoms. The minimum atomic E-state index is -0.981. The van der Waals surface area contributed by atoms with Gasteiger partial charge in [-0.05, 0) is 83.3 Å². The van der Waals surface area contributed by atoms with Crippen LogP contribution < -0.4 is 20.3 Å². The number of carbonyl (C=O) groups excluding carboxylic acids is 5. The van der Waals surface area contributed by atoms with E-state index >= 15 is 0 Å². The fourth-order valence-corrected chi connectivity index (χ4v) is 8.49. The van der Waals surface area contributed by atoms with Gasteiger partial charge in [0, 0.05) is 67.3 Å². The molecule has 0 radical (unpaired) electrons. The molecule has 1 atom stereocenters. The summed E-state index contributed by atoms with van der Waals surface area (Å²) in [6, 6.07) is 10.9. The van der Waals surface area contributed by atoms with E-state index in [1.165, 1.54) is 6.20 Å². The highest BCUT2D eigenvalue weighted by molar-refractivity contribution is 6.23. The lowest BCUT2D eigenvalue weighted by Gasteiger charge is -2.49. The number of ether oxygens (including phenoxy) is 1. The van der Waals surface area contributed by atoms with Gasteiger partial charge in [-0.15, -0.1) is 0 Å². The summed E-state index contributed by atoms with van der Waals surface area (Å²) >= 11 is 0. The second-order valence-corrected chi connectivity index (χ2v) is 15.4. The number of hydrogen-bond donors (Lipinski definition) is 2. The number of amides is 5. The molecule has 9 rings (SSSR count). The highest BCUT2D eigenvalue weighted by Crippen LogP contribution is 2.37. The Morgan fingerprint density at radius 3 is 2.54 bits per heavy atom. The summed E-state index contributed by atoms with van der Waals surface area (Å²) in [6.45, 7) is 5.48. The number of carbonyl (C=O) groups is 5. The monoisotopic (exact) mass is 758 g/mol. The van der Waals surface area contributed by atoms with E-state index < -0.39 is 29.7 Å². The first kappa shape index (κ1) is 35.5. The number of piperidine rings is 1. The molecule has 4 aliphatic rings. The van der Waals surface area contributed by atoms with Crippen LogP contribution in [0.1, 0.15) is 89.5 Å². The van der Waals surface area contributed by atoms with Gasteiger partial charge in [0.2, 0.25) is 11.8 Å². The van der Waals surface area contributed by atoms with Gasteiger partial charge in [-0.3, -0.25) is 43.8 Å². The Hall–Kier alpha value is -6.16. The van der Waals surface area contributed by atoms with E-state index in [4.69, 9.17) is 9.84 Å². The molecule has 2 N–H and O–H groups in total. The summed E-state index contributed by atoms with van der Waals surface area (Å²) in [6.07, 6.45) is 11.0. The average Bonchev–Trinajstić information content (AvgIpc) is 3.85. The molecule has 6 heterocycles. The van der Waals surface area contributed by atoms with Crippen LogP contribution in [0.2, 0.25) is 0 Å². The fraction of sp³-hybridized carbons (Fsp3) is 0.400. The molecule has 2 saturated heterocycles. The SMILES string of the molecule is CC(C)Oc1cc2nn(C3CCC(N(C)C4CN(c5ccc6c(c5)C(=O)N(C5CCC(=O)NC5=O)C6=O)C4)CC3)cc2cc1NC(=O)c1cnn2cccnc12. The highest BCUT2D eigenvalue weighted by atomic mass is 16.5. The van der Waals surface area contributed by atoms with Crippen LogP contribution in [0.25, 0.3) is 16.6 Å². The van der Waals surface area contributed by atoms with E-state index in [9.17, 15) is 24.0 Å². The van der Waals surface area contributed by atoms with Crippen molar-refractivity contribution in [3.8, 4) is 5.75 Å². The van der Waals surface area contributed by atoms with Crippen LogP contribution in [-0.2, 0) is 9.59 Å². The molecule has 5 aromatic rings. The molecule has 1 saturated carbocycles. The van der Waals surface area contributed by atoms with Crippen molar-refractivity contribution < 1.29 is 28.7 Å². The molecular weight excluding hydrogens is 717 g/mol. The maximum absolute atomic E-state index is 13.4. The Labute approximate surface area is 321 Å². The minimum absolute atomic E-state index is 0.0863. The number of rotatable bonds is 9. The predicted molar refractivity (Wildman–Crippen MR) is 205 cm³/mol. The summed E-state index contributed by atoms with van der Waals surface area (Å²) in [7, 11) is 2.19. The molecule has 1 unspecified atom stereocenters. The van der Waals surface area contributed by atoms with Crippen molar-refractivity contribution in [1.29, 1.82) is 0 Å². The van der Waals surface area contributed by atoms with Crippen LogP contribution in [-0.4, -0.2) is 108 Å². The summed E-state index contributed by atoms with van der Waals surface area (Å²) in [5.41, 5.74) is 3.64. The molecule has 2 aromatic carbocycles. The van der Waals surface area contributed by atoms with Crippen molar-refractivity contribution in [2.45, 2.75) is 82.6 Å². The summed E-state index contributed by atoms with van der Waals surface area (Å²) < 4.78 is 9.75. The van der Waals surface area contributed by atoms with Crippen LogP contribution in [0.15, 0.2) is 61.2 Å². The lowest BCUT2D eigenvalue weighted by molar-refractivity contribution is -0.136. The van der Waals surface area contributed by atoms with Crippen molar-refractivity contribution in [2.75, 3.05) is 30.4 Å². The molecule has 0 bridgehead atoms. The Morgan fingerprint density at radius 2 is 1.77 bits per heavy atom. The molecule has 3 aromatic heterocycles. The van der Waals surface area contributed by atoms with Gasteiger partial charge in [-0.25, -0.2) is 9.50 Å². The maximum atomic E-state index is 13.4. The van der Waals surface area contributed by atoms with Crippen LogP contribution in [0.3, 0.4) is 0 Å². The van der Waals surface area contributed by atoms with E-state index in [-0.39, 0.29) is 36.5 Å². The predicted octanol–water partition coefficient (Wildman–Crippen LogP) is 3.82. The van der Waals surface area contributed by atoms with Crippen molar-refractivity contribution >= 4 is 57.5 Å². The number of benzene rings is 2. The first-order chi connectivity index (χ1) is 27.0. The first-order valence-corrected chi connectivity index (χ1v) is 19.1. The number of fused-ring (bicyclic) bond motifs is 3. The van der Waals surface area contributed by atoms with Gasteiger partial charge in [-0.2, -0.15) is 10.2 Å². The zero-order valence-electron chi connectivity index (χ0n) is 31.3. The van der Waals surface area contributed by atoms with Crippen LogP contribution >= 0.6 is 0 Å². The summed E-state index contributed by atoms with van der Waals surface area (Å²) in [5.74, 6) is -1.78. The van der Waals surface area contributed by atoms with Crippen molar-refractivity contribution in [3.63, 3.8) is 0 Å². The second-order valence-electron chi connectivity index (χ2n) is 15.4. The van der Waals surface area contributed by atoms with E-state index in [0.29, 0.717) is 40.3 Å². The normalized spacial score (nSPS) is 21.6. The zero-order valence-corrected chi connectivity index (χ0v) is 31.3. The largest absolute Gasteiger partial charge is 0.489 e. The van der Waals surface area contributed by atoms with Gasteiger partial charge in [0.25, 0.3) is 17.7 Å². The first-order valence-electron chi connectivity index (χ1n) is 19.1. The molecule has 3 fully saturated rings.